The van der Waals surface area contributed by atoms with E-state index in [4.69, 9.17) is 14.5 Å². The standard InChI is InChI=1S/C32H31N3O3S/c1-19-7-10-23(11-8-19)28-17-26(24-12-14-29(37-5)30(16-24)38-6)27(18-33)32(35-28)39-22(4)31(36)34-25-13-9-20(2)21(3)15-25/h7-17,22H,1-6H3,(H,34,36). The SMILES string of the molecule is COc1ccc(-c2cc(-c3ccc(C)cc3)nc(SC(C)C(=O)Nc3ccc(C)c(C)c3)c2C#N)cc1OC. The number of ether oxygens (including phenoxy) is 2. The molecule has 0 fully saturated rings. The zero-order chi connectivity index (χ0) is 28.1. The molecule has 39 heavy (non-hydrogen) atoms. The third-order valence-electron chi connectivity index (χ3n) is 6.57. The van der Waals surface area contributed by atoms with Crippen LogP contribution in [-0.2, 0) is 4.79 Å². The molecule has 0 saturated heterocycles. The van der Waals surface area contributed by atoms with E-state index >= 15 is 0 Å². The molecular weight excluding hydrogens is 506 g/mol. The van der Waals surface area contributed by atoms with Crippen molar-refractivity contribution >= 4 is 23.4 Å². The Hall–Kier alpha value is -4.28. The minimum atomic E-state index is -0.502. The number of nitrogens with one attached hydrogen (secondary N) is 1. The van der Waals surface area contributed by atoms with Crippen LogP contribution in [0.2, 0.25) is 0 Å². The van der Waals surface area contributed by atoms with Gasteiger partial charge >= 0.3 is 0 Å². The molecule has 1 amide bonds. The maximum Gasteiger partial charge on any atom is 0.237 e. The van der Waals surface area contributed by atoms with Crippen molar-refractivity contribution in [2.75, 3.05) is 19.5 Å². The van der Waals surface area contributed by atoms with Crippen LogP contribution in [0, 0.1) is 32.1 Å². The number of anilines is 1. The summed E-state index contributed by atoms with van der Waals surface area (Å²) in [4.78, 5) is 18.0. The van der Waals surface area contributed by atoms with E-state index in [9.17, 15) is 10.1 Å². The molecular formula is C32H31N3O3S. The summed E-state index contributed by atoms with van der Waals surface area (Å²) in [6.45, 7) is 7.89. The number of pyridine rings is 1. The van der Waals surface area contributed by atoms with Gasteiger partial charge in [0.2, 0.25) is 5.91 Å². The van der Waals surface area contributed by atoms with Crippen molar-refractivity contribution in [3.63, 3.8) is 0 Å². The van der Waals surface area contributed by atoms with E-state index < -0.39 is 5.25 Å². The molecule has 1 N–H and O–H groups in total. The second kappa shape index (κ2) is 12.1. The van der Waals surface area contributed by atoms with Gasteiger partial charge in [0.15, 0.2) is 11.5 Å². The zero-order valence-electron chi connectivity index (χ0n) is 23.0. The summed E-state index contributed by atoms with van der Waals surface area (Å²) < 4.78 is 10.9. The molecule has 0 aliphatic rings. The molecule has 0 radical (unpaired) electrons. The zero-order valence-corrected chi connectivity index (χ0v) is 23.8. The molecule has 3 aromatic carbocycles. The van der Waals surface area contributed by atoms with Crippen LogP contribution in [0.1, 0.15) is 29.2 Å². The number of hydrogen-bond acceptors (Lipinski definition) is 6. The first kappa shape index (κ1) is 27.7. The van der Waals surface area contributed by atoms with Gasteiger partial charge in [0.05, 0.1) is 30.7 Å². The molecule has 4 aromatic rings. The highest BCUT2D eigenvalue weighted by atomic mass is 32.2. The molecule has 1 unspecified atom stereocenters. The van der Waals surface area contributed by atoms with Gasteiger partial charge in [-0.15, -0.1) is 0 Å². The second-order valence-electron chi connectivity index (χ2n) is 9.33. The number of thioether (sulfide) groups is 1. The van der Waals surface area contributed by atoms with Gasteiger partial charge in [0.25, 0.3) is 0 Å². The van der Waals surface area contributed by atoms with Crippen LogP contribution >= 0.6 is 11.8 Å². The number of rotatable bonds is 8. The number of nitriles is 1. The Morgan fingerprint density at radius 1 is 0.897 bits per heavy atom. The number of methoxy groups -OCH3 is 2. The largest absolute Gasteiger partial charge is 0.493 e. The molecule has 0 bridgehead atoms. The third-order valence-corrected chi connectivity index (χ3v) is 7.66. The number of nitrogens with zero attached hydrogens (tertiary/aromatic N) is 2. The van der Waals surface area contributed by atoms with Crippen LogP contribution in [0.5, 0.6) is 11.5 Å². The van der Waals surface area contributed by atoms with Gasteiger partial charge in [-0.1, -0.05) is 53.7 Å². The fraction of sp³-hybridized carbons (Fsp3) is 0.219. The van der Waals surface area contributed by atoms with E-state index in [2.05, 4.69) is 11.4 Å². The predicted molar refractivity (Wildman–Crippen MR) is 158 cm³/mol. The van der Waals surface area contributed by atoms with Gasteiger partial charge in [-0.25, -0.2) is 4.98 Å². The van der Waals surface area contributed by atoms with Crippen LogP contribution in [0.4, 0.5) is 5.69 Å². The van der Waals surface area contributed by atoms with Gasteiger partial charge in [-0.05, 0) is 74.7 Å². The Morgan fingerprint density at radius 3 is 2.23 bits per heavy atom. The normalized spacial score (nSPS) is 11.4. The summed E-state index contributed by atoms with van der Waals surface area (Å²) in [5.74, 6) is 0.990. The van der Waals surface area contributed by atoms with E-state index in [0.717, 1.165) is 33.5 Å². The first-order valence-corrected chi connectivity index (χ1v) is 13.4. The van der Waals surface area contributed by atoms with Gasteiger partial charge in [0.1, 0.15) is 11.1 Å². The molecule has 0 aliphatic heterocycles. The Morgan fingerprint density at radius 2 is 1.59 bits per heavy atom. The minimum absolute atomic E-state index is 0.164. The van der Waals surface area contributed by atoms with Crippen molar-refractivity contribution in [1.29, 1.82) is 5.26 Å². The average molecular weight is 538 g/mol. The lowest BCUT2D eigenvalue weighted by atomic mass is 9.98. The number of benzene rings is 3. The lowest BCUT2D eigenvalue weighted by Gasteiger charge is -2.17. The second-order valence-corrected chi connectivity index (χ2v) is 10.7. The smallest absolute Gasteiger partial charge is 0.237 e. The molecule has 6 nitrogen and oxygen atoms in total. The fourth-order valence-corrected chi connectivity index (χ4v) is 5.03. The number of amides is 1. The Kier molecular flexibility index (Phi) is 8.58. The Balaban J connectivity index is 1.77. The van der Waals surface area contributed by atoms with Crippen molar-refractivity contribution < 1.29 is 14.3 Å². The van der Waals surface area contributed by atoms with Crippen LogP contribution in [-0.4, -0.2) is 30.4 Å². The summed E-state index contributed by atoms with van der Waals surface area (Å²) >= 11 is 1.27. The summed E-state index contributed by atoms with van der Waals surface area (Å²) in [5.41, 5.74) is 7.66. The fourth-order valence-electron chi connectivity index (χ4n) is 4.10. The van der Waals surface area contributed by atoms with E-state index in [1.807, 2.05) is 94.4 Å². The summed E-state index contributed by atoms with van der Waals surface area (Å²) in [6, 6.07) is 23.7. The molecule has 1 atom stereocenters. The Bertz CT molecular complexity index is 1560. The molecule has 0 aliphatic carbocycles. The van der Waals surface area contributed by atoms with Crippen molar-refractivity contribution in [2.45, 2.75) is 38.0 Å². The molecule has 198 valence electrons. The first-order valence-electron chi connectivity index (χ1n) is 12.5. The van der Waals surface area contributed by atoms with E-state index in [1.165, 1.54) is 11.8 Å². The molecule has 0 spiro atoms. The highest BCUT2D eigenvalue weighted by Gasteiger charge is 2.22. The highest BCUT2D eigenvalue weighted by Crippen LogP contribution is 2.39. The van der Waals surface area contributed by atoms with E-state index in [0.29, 0.717) is 33.3 Å². The minimum Gasteiger partial charge on any atom is -0.493 e. The third kappa shape index (κ3) is 6.24. The van der Waals surface area contributed by atoms with Crippen LogP contribution < -0.4 is 14.8 Å². The van der Waals surface area contributed by atoms with Crippen molar-refractivity contribution in [2.24, 2.45) is 0 Å². The lowest BCUT2D eigenvalue weighted by molar-refractivity contribution is -0.115. The number of aryl methyl sites for hydroxylation is 3. The first-order chi connectivity index (χ1) is 18.7. The Labute approximate surface area is 234 Å². The topological polar surface area (TPSA) is 84.2 Å². The van der Waals surface area contributed by atoms with E-state index in [1.54, 1.807) is 14.2 Å². The average Bonchev–Trinajstić information content (AvgIpc) is 2.94. The van der Waals surface area contributed by atoms with Crippen molar-refractivity contribution in [3.8, 4) is 40.0 Å². The molecule has 1 heterocycles. The maximum absolute atomic E-state index is 13.1. The predicted octanol–water partition coefficient (Wildman–Crippen LogP) is 7.35. The molecule has 4 rings (SSSR count). The van der Waals surface area contributed by atoms with Gasteiger partial charge < -0.3 is 14.8 Å². The van der Waals surface area contributed by atoms with Gasteiger partial charge in [-0.3, -0.25) is 4.79 Å². The van der Waals surface area contributed by atoms with Crippen LogP contribution in [0.25, 0.3) is 22.4 Å². The maximum atomic E-state index is 13.1. The quantitative estimate of drug-likeness (QED) is 0.237. The van der Waals surface area contributed by atoms with Crippen molar-refractivity contribution in [3.05, 3.63) is 89.0 Å². The van der Waals surface area contributed by atoms with E-state index in [-0.39, 0.29) is 5.91 Å². The lowest BCUT2D eigenvalue weighted by Crippen LogP contribution is -2.22. The number of carbonyl (C=O) groups is 1. The number of hydrogen-bond donors (Lipinski definition) is 1. The summed E-state index contributed by atoms with van der Waals surface area (Å²) in [6.07, 6.45) is 0. The van der Waals surface area contributed by atoms with Gasteiger partial charge in [0, 0.05) is 16.8 Å². The van der Waals surface area contributed by atoms with Crippen molar-refractivity contribution in [1.82, 2.24) is 4.98 Å². The molecule has 1 aromatic heterocycles. The summed E-state index contributed by atoms with van der Waals surface area (Å²) in [7, 11) is 3.16. The van der Waals surface area contributed by atoms with Crippen LogP contribution in [0.3, 0.4) is 0 Å². The van der Waals surface area contributed by atoms with Gasteiger partial charge in [-0.2, -0.15) is 5.26 Å². The summed E-state index contributed by atoms with van der Waals surface area (Å²) in [5, 5.41) is 13.2. The highest BCUT2D eigenvalue weighted by molar-refractivity contribution is 8.00. The monoisotopic (exact) mass is 537 g/mol. The number of aromatic nitrogens is 1. The molecule has 0 saturated carbocycles. The van der Waals surface area contributed by atoms with Crippen LogP contribution in [0.15, 0.2) is 71.8 Å². The molecule has 7 heteroatoms. The number of carbonyl (C=O) groups excluding carboxylic acids is 1.